The first kappa shape index (κ1) is 18.3. The maximum absolute atomic E-state index is 6.18. The lowest BCUT2D eigenvalue weighted by Gasteiger charge is -2.13. The van der Waals surface area contributed by atoms with Gasteiger partial charge in [-0.2, -0.15) is 0 Å². The Labute approximate surface area is 156 Å². The number of nitrogens with zero attached hydrogens (tertiary/aromatic N) is 1. The quantitative estimate of drug-likeness (QED) is 0.550. The third kappa shape index (κ3) is 4.95. The highest BCUT2D eigenvalue weighted by Gasteiger charge is 2.10. The predicted octanol–water partition coefficient (Wildman–Crippen LogP) is 5.13. The molecule has 1 aromatic heterocycles. The Balaban J connectivity index is 1.92. The van der Waals surface area contributed by atoms with Gasteiger partial charge in [0.1, 0.15) is 5.82 Å². The average molecular weight is 389 g/mol. The van der Waals surface area contributed by atoms with Crippen LogP contribution in [0.2, 0.25) is 15.1 Å². The van der Waals surface area contributed by atoms with Crippen LogP contribution in [0.1, 0.15) is 18.1 Å². The summed E-state index contributed by atoms with van der Waals surface area (Å²) in [6.45, 7) is 2.65. The maximum Gasteiger partial charge on any atom is 0.171 e. The van der Waals surface area contributed by atoms with E-state index in [1.54, 1.807) is 18.3 Å². The average Bonchev–Trinajstić information content (AvgIpc) is 2.55. The zero-order chi connectivity index (χ0) is 16.8. The van der Waals surface area contributed by atoms with Crippen LogP contribution in [0.15, 0.2) is 30.5 Å². The van der Waals surface area contributed by atoms with Crippen LogP contribution >= 0.6 is 47.0 Å². The van der Waals surface area contributed by atoms with E-state index in [9.17, 15) is 0 Å². The lowest BCUT2D eigenvalue weighted by atomic mass is 10.1. The smallest absolute Gasteiger partial charge is 0.171 e. The molecule has 0 saturated heterocycles. The molecule has 1 aromatic carbocycles. The molecule has 0 aliphatic carbocycles. The number of hydrogen-bond acceptors (Lipinski definition) is 2. The predicted molar refractivity (Wildman–Crippen MR) is 103 cm³/mol. The van der Waals surface area contributed by atoms with Gasteiger partial charge in [-0.15, -0.1) is 0 Å². The summed E-state index contributed by atoms with van der Waals surface area (Å²) < 4.78 is 0. The number of rotatable bonds is 5. The van der Waals surface area contributed by atoms with Crippen molar-refractivity contribution in [3.8, 4) is 0 Å². The third-order valence-corrected chi connectivity index (χ3v) is 4.75. The summed E-state index contributed by atoms with van der Waals surface area (Å²) in [4.78, 5) is 4.30. The van der Waals surface area contributed by atoms with Gasteiger partial charge in [0, 0.05) is 17.8 Å². The Hall–Kier alpha value is -1.07. The number of anilines is 1. The monoisotopic (exact) mass is 387 g/mol. The molecule has 0 radical (unpaired) electrons. The van der Waals surface area contributed by atoms with Gasteiger partial charge in [0.15, 0.2) is 5.11 Å². The molecule has 0 amide bonds. The van der Waals surface area contributed by atoms with Gasteiger partial charge in [-0.25, -0.2) is 4.98 Å². The second-order valence-electron chi connectivity index (χ2n) is 4.82. The molecular formula is C16H16Cl3N3S. The number of hydrogen-bond donors (Lipinski definition) is 2. The van der Waals surface area contributed by atoms with Gasteiger partial charge in [-0.3, -0.25) is 0 Å². The second kappa shape index (κ2) is 8.69. The number of halogens is 3. The van der Waals surface area contributed by atoms with Crippen LogP contribution in [0.5, 0.6) is 0 Å². The Kier molecular flexibility index (Phi) is 6.90. The molecule has 2 aromatic rings. The van der Waals surface area contributed by atoms with E-state index in [1.165, 1.54) is 0 Å². The van der Waals surface area contributed by atoms with Crippen molar-refractivity contribution in [2.24, 2.45) is 0 Å². The lowest BCUT2D eigenvalue weighted by molar-refractivity contribution is 0.873. The molecule has 0 aliphatic rings. The van der Waals surface area contributed by atoms with Gasteiger partial charge in [-0.1, -0.05) is 47.8 Å². The largest absolute Gasteiger partial charge is 0.362 e. The van der Waals surface area contributed by atoms with Crippen molar-refractivity contribution in [1.29, 1.82) is 0 Å². The van der Waals surface area contributed by atoms with Gasteiger partial charge in [0.25, 0.3) is 0 Å². The first-order valence-electron chi connectivity index (χ1n) is 7.14. The molecule has 7 heteroatoms. The normalized spacial score (nSPS) is 10.4. The highest BCUT2D eigenvalue weighted by molar-refractivity contribution is 7.80. The lowest BCUT2D eigenvalue weighted by Crippen LogP contribution is -2.31. The van der Waals surface area contributed by atoms with Gasteiger partial charge < -0.3 is 10.6 Å². The fourth-order valence-corrected chi connectivity index (χ4v) is 3.02. The molecule has 122 valence electrons. The van der Waals surface area contributed by atoms with E-state index in [1.807, 2.05) is 12.1 Å². The number of aryl methyl sites for hydroxylation is 1. The van der Waals surface area contributed by atoms with Crippen molar-refractivity contribution in [2.75, 3.05) is 11.9 Å². The highest BCUT2D eigenvalue weighted by Crippen LogP contribution is 2.31. The van der Waals surface area contributed by atoms with Crippen molar-refractivity contribution < 1.29 is 0 Å². The molecule has 23 heavy (non-hydrogen) atoms. The summed E-state index contributed by atoms with van der Waals surface area (Å²) in [5, 5.41) is 8.31. The minimum absolute atomic E-state index is 0.484. The second-order valence-corrected chi connectivity index (χ2v) is 6.42. The van der Waals surface area contributed by atoms with E-state index in [2.05, 4.69) is 22.5 Å². The minimum atomic E-state index is 0.484. The third-order valence-electron chi connectivity index (χ3n) is 3.30. The Morgan fingerprint density at radius 3 is 2.65 bits per heavy atom. The summed E-state index contributed by atoms with van der Waals surface area (Å²) in [7, 11) is 0. The van der Waals surface area contributed by atoms with Crippen LogP contribution in [0, 0.1) is 0 Å². The standard InChI is InChI=1S/C16H16Cl3N3S/c1-2-10-4-3-8-20-15(10)22-16(23)21-9-7-11-12(17)5-6-13(18)14(11)19/h3-6,8H,2,7,9H2,1H3,(H2,20,21,22,23). The SMILES string of the molecule is CCc1cccnc1NC(=S)NCCc1c(Cl)ccc(Cl)c1Cl. The van der Waals surface area contributed by atoms with Crippen molar-refractivity contribution in [3.63, 3.8) is 0 Å². The van der Waals surface area contributed by atoms with Crippen LogP contribution in [0.3, 0.4) is 0 Å². The summed E-state index contributed by atoms with van der Waals surface area (Å²) in [5.41, 5.74) is 1.92. The van der Waals surface area contributed by atoms with E-state index < -0.39 is 0 Å². The van der Waals surface area contributed by atoms with Crippen LogP contribution in [-0.4, -0.2) is 16.6 Å². The zero-order valence-electron chi connectivity index (χ0n) is 12.5. The molecule has 0 fully saturated rings. The van der Waals surface area contributed by atoms with Crippen LogP contribution in [-0.2, 0) is 12.8 Å². The van der Waals surface area contributed by atoms with Crippen molar-refractivity contribution >= 4 is 58.0 Å². The van der Waals surface area contributed by atoms with Crippen LogP contribution in [0.25, 0.3) is 0 Å². The molecule has 0 saturated carbocycles. The summed E-state index contributed by atoms with van der Waals surface area (Å²) >= 11 is 23.6. The van der Waals surface area contributed by atoms with Crippen LogP contribution in [0.4, 0.5) is 5.82 Å². The fourth-order valence-electron chi connectivity index (χ4n) is 2.09. The fraction of sp³-hybridized carbons (Fsp3) is 0.250. The van der Waals surface area contributed by atoms with Gasteiger partial charge in [-0.05, 0) is 54.4 Å². The van der Waals surface area contributed by atoms with Crippen molar-refractivity contribution in [1.82, 2.24) is 10.3 Å². The number of thiocarbonyl (C=S) groups is 1. The van der Waals surface area contributed by atoms with Gasteiger partial charge >= 0.3 is 0 Å². The van der Waals surface area contributed by atoms with Crippen LogP contribution < -0.4 is 10.6 Å². The number of aromatic nitrogens is 1. The molecule has 0 spiro atoms. The molecule has 0 unspecified atom stereocenters. The van der Waals surface area contributed by atoms with E-state index in [4.69, 9.17) is 47.0 Å². The summed E-state index contributed by atoms with van der Waals surface area (Å²) in [6, 6.07) is 7.35. The van der Waals surface area contributed by atoms with Gasteiger partial charge in [0.2, 0.25) is 0 Å². The topological polar surface area (TPSA) is 37.0 Å². The summed E-state index contributed by atoms with van der Waals surface area (Å²) in [6.07, 6.45) is 3.23. The van der Waals surface area contributed by atoms with E-state index >= 15 is 0 Å². The Bertz CT molecular complexity index is 707. The van der Waals surface area contributed by atoms with E-state index in [0.717, 1.165) is 23.4 Å². The molecule has 0 bridgehead atoms. The Morgan fingerprint density at radius 2 is 1.91 bits per heavy atom. The number of pyridine rings is 1. The molecule has 1 heterocycles. The van der Waals surface area contributed by atoms with E-state index in [0.29, 0.717) is 33.1 Å². The molecule has 3 nitrogen and oxygen atoms in total. The first-order valence-corrected chi connectivity index (χ1v) is 8.68. The molecule has 0 atom stereocenters. The minimum Gasteiger partial charge on any atom is -0.362 e. The van der Waals surface area contributed by atoms with Crippen molar-refractivity contribution in [3.05, 3.63) is 56.7 Å². The number of nitrogens with one attached hydrogen (secondary N) is 2. The van der Waals surface area contributed by atoms with Gasteiger partial charge in [0.05, 0.1) is 10.0 Å². The first-order chi connectivity index (χ1) is 11.0. The maximum atomic E-state index is 6.18. The summed E-state index contributed by atoms with van der Waals surface area (Å²) in [5.74, 6) is 0.770. The zero-order valence-corrected chi connectivity index (χ0v) is 15.6. The van der Waals surface area contributed by atoms with E-state index in [-0.39, 0.29) is 0 Å². The molecule has 0 aliphatic heterocycles. The Morgan fingerprint density at radius 1 is 1.17 bits per heavy atom. The molecule has 2 rings (SSSR count). The molecular weight excluding hydrogens is 373 g/mol. The molecule has 2 N–H and O–H groups in total. The number of benzene rings is 1. The highest BCUT2D eigenvalue weighted by atomic mass is 35.5. The van der Waals surface area contributed by atoms with Crippen molar-refractivity contribution in [2.45, 2.75) is 19.8 Å².